The highest BCUT2D eigenvalue weighted by molar-refractivity contribution is 5.91. The Morgan fingerprint density at radius 3 is 2.38 bits per heavy atom. The predicted molar refractivity (Wildman–Crippen MR) is 68.6 cm³/mol. The smallest absolute Gasteiger partial charge is 0.339 e. The van der Waals surface area contributed by atoms with Crippen LogP contribution >= 0.6 is 0 Å². The lowest BCUT2D eigenvalue weighted by Crippen LogP contribution is -2.20. The molecule has 0 aliphatic carbocycles. The second-order valence-electron chi connectivity index (χ2n) is 3.81. The fraction of sp³-hybridized carbons (Fsp3) is 0. The van der Waals surface area contributed by atoms with Crippen molar-refractivity contribution < 1.29 is 20.1 Å². The second-order valence-corrected chi connectivity index (χ2v) is 3.81. The zero-order valence-electron chi connectivity index (χ0n) is 10.2. The number of benzene rings is 1. The first-order valence-corrected chi connectivity index (χ1v) is 5.42. The molecule has 0 saturated carbocycles. The molecule has 0 bridgehead atoms. The van der Waals surface area contributed by atoms with Crippen LogP contribution in [0.4, 0.5) is 11.4 Å². The molecule has 2 rings (SSSR count). The van der Waals surface area contributed by atoms with E-state index in [0.717, 1.165) is 12.1 Å². The van der Waals surface area contributed by atoms with Gasteiger partial charge in [0.1, 0.15) is 11.3 Å². The zero-order chi connectivity index (χ0) is 15.6. The number of aromatic amines is 2. The van der Waals surface area contributed by atoms with E-state index in [4.69, 9.17) is 5.11 Å². The summed E-state index contributed by atoms with van der Waals surface area (Å²) in [4.78, 5) is 36.7. The molecule has 2 aromatic rings. The van der Waals surface area contributed by atoms with E-state index < -0.39 is 34.5 Å². The van der Waals surface area contributed by atoms with Crippen molar-refractivity contribution in [3.8, 4) is 11.6 Å². The first kappa shape index (κ1) is 14.0. The average molecular weight is 292 g/mol. The van der Waals surface area contributed by atoms with Gasteiger partial charge in [-0.25, -0.2) is 9.59 Å². The maximum atomic E-state index is 11.4. The molecule has 0 radical (unpaired) electrons. The molecule has 0 aliphatic rings. The third kappa shape index (κ3) is 2.94. The van der Waals surface area contributed by atoms with Gasteiger partial charge in [0, 0.05) is 6.07 Å². The topological polar surface area (TPSA) is 168 Å². The van der Waals surface area contributed by atoms with Gasteiger partial charge in [-0.3, -0.25) is 14.8 Å². The maximum absolute atomic E-state index is 11.4. The number of azo groups is 1. The highest BCUT2D eigenvalue weighted by Gasteiger charge is 2.10. The van der Waals surface area contributed by atoms with Gasteiger partial charge in [-0.1, -0.05) is 0 Å². The number of H-pyrrole nitrogens is 2. The van der Waals surface area contributed by atoms with E-state index in [1.165, 1.54) is 6.07 Å². The van der Waals surface area contributed by atoms with Gasteiger partial charge < -0.3 is 15.3 Å². The van der Waals surface area contributed by atoms with Crippen molar-refractivity contribution in [3.05, 3.63) is 44.6 Å². The Bertz CT molecular complexity index is 851. The Morgan fingerprint density at radius 1 is 1.10 bits per heavy atom. The molecule has 1 heterocycles. The fourth-order valence-corrected chi connectivity index (χ4v) is 1.43. The summed E-state index contributed by atoms with van der Waals surface area (Å²) in [6.45, 7) is 0. The molecule has 0 unspecified atom stereocenters. The number of hydrogen-bond donors (Lipinski definition) is 5. The van der Waals surface area contributed by atoms with Gasteiger partial charge in [0.25, 0.3) is 5.56 Å². The van der Waals surface area contributed by atoms with Gasteiger partial charge in [0.15, 0.2) is 0 Å². The normalized spacial score (nSPS) is 10.9. The lowest BCUT2D eigenvalue weighted by atomic mass is 10.2. The number of carboxylic acids is 1. The van der Waals surface area contributed by atoms with Crippen LogP contribution in [-0.2, 0) is 0 Å². The number of aromatic hydroxyl groups is 2. The summed E-state index contributed by atoms with van der Waals surface area (Å²) in [5, 5.41) is 34.6. The zero-order valence-corrected chi connectivity index (χ0v) is 10.2. The van der Waals surface area contributed by atoms with Crippen LogP contribution in [0.1, 0.15) is 10.4 Å². The molecule has 1 aromatic carbocycles. The molecule has 0 amide bonds. The van der Waals surface area contributed by atoms with Gasteiger partial charge in [0.05, 0.1) is 5.69 Å². The Labute approximate surface area is 115 Å². The molecule has 0 spiro atoms. The van der Waals surface area contributed by atoms with Gasteiger partial charge in [0.2, 0.25) is 11.6 Å². The summed E-state index contributed by atoms with van der Waals surface area (Å²) in [5.74, 6) is -2.61. The van der Waals surface area contributed by atoms with E-state index in [0.29, 0.717) is 0 Å². The number of nitrogens with zero attached hydrogens (tertiary/aromatic N) is 2. The molecule has 0 atom stereocenters. The third-order valence-electron chi connectivity index (χ3n) is 2.38. The van der Waals surface area contributed by atoms with Crippen molar-refractivity contribution in [1.82, 2.24) is 9.97 Å². The standard InChI is InChI=1S/C11H8N4O6/c16-6-3-4(1-2-5(6)10(19)20)14-15-7-8(17)12-11(21)13-9(7)18/h1-3,16H,(H,19,20)(H3,12,13,17,18,21). The highest BCUT2D eigenvalue weighted by Crippen LogP contribution is 2.26. The summed E-state index contributed by atoms with van der Waals surface area (Å²) in [6, 6.07) is 3.36. The maximum Gasteiger partial charge on any atom is 0.339 e. The summed E-state index contributed by atoms with van der Waals surface area (Å²) >= 11 is 0. The van der Waals surface area contributed by atoms with Crippen LogP contribution < -0.4 is 11.2 Å². The van der Waals surface area contributed by atoms with E-state index in [1.807, 2.05) is 9.97 Å². The van der Waals surface area contributed by atoms with Gasteiger partial charge >= 0.3 is 11.7 Å². The molecule has 0 aliphatic heterocycles. The molecule has 10 heteroatoms. The van der Waals surface area contributed by atoms with E-state index in [9.17, 15) is 24.6 Å². The summed E-state index contributed by atoms with van der Waals surface area (Å²) in [6.07, 6.45) is 0. The number of carbonyl (C=O) groups is 1. The molecule has 1 aromatic heterocycles. The van der Waals surface area contributed by atoms with Crippen LogP contribution in [0, 0.1) is 0 Å². The fourth-order valence-electron chi connectivity index (χ4n) is 1.43. The van der Waals surface area contributed by atoms with Gasteiger partial charge in [-0.05, 0) is 12.1 Å². The van der Waals surface area contributed by atoms with Crippen LogP contribution in [0.15, 0.2) is 38.0 Å². The van der Waals surface area contributed by atoms with Gasteiger partial charge in [-0.2, -0.15) is 5.11 Å². The van der Waals surface area contributed by atoms with Crippen LogP contribution in [0.5, 0.6) is 11.6 Å². The lowest BCUT2D eigenvalue weighted by Gasteiger charge is -1.99. The number of carboxylic acid groups (broad SMARTS) is 1. The number of rotatable bonds is 3. The van der Waals surface area contributed by atoms with E-state index in [1.54, 1.807) is 0 Å². The first-order chi connectivity index (χ1) is 9.88. The van der Waals surface area contributed by atoms with Crippen molar-refractivity contribution in [2.75, 3.05) is 0 Å². The molecule has 0 saturated heterocycles. The van der Waals surface area contributed by atoms with Crippen LogP contribution in [0.3, 0.4) is 0 Å². The number of hydrogen-bond acceptors (Lipinski definition) is 7. The van der Waals surface area contributed by atoms with Crippen LogP contribution in [-0.4, -0.2) is 31.3 Å². The van der Waals surface area contributed by atoms with E-state index in [-0.39, 0.29) is 11.3 Å². The summed E-state index contributed by atoms with van der Waals surface area (Å²) in [7, 11) is 0. The molecule has 10 nitrogen and oxygen atoms in total. The van der Waals surface area contributed by atoms with Crippen molar-refractivity contribution in [2.24, 2.45) is 10.2 Å². The minimum absolute atomic E-state index is 0.0440. The van der Waals surface area contributed by atoms with E-state index >= 15 is 0 Å². The first-order valence-electron chi connectivity index (χ1n) is 5.42. The quantitative estimate of drug-likeness (QED) is 0.518. The monoisotopic (exact) mass is 292 g/mol. The summed E-state index contributed by atoms with van der Waals surface area (Å²) < 4.78 is 0. The second kappa shape index (κ2) is 5.28. The third-order valence-corrected chi connectivity index (χ3v) is 2.38. The van der Waals surface area contributed by atoms with Crippen LogP contribution in [0.25, 0.3) is 0 Å². The largest absolute Gasteiger partial charge is 0.507 e. The van der Waals surface area contributed by atoms with Crippen molar-refractivity contribution in [2.45, 2.75) is 0 Å². The van der Waals surface area contributed by atoms with Crippen molar-refractivity contribution in [1.29, 1.82) is 0 Å². The minimum Gasteiger partial charge on any atom is -0.507 e. The Hall–Kier alpha value is -3.43. The number of phenols is 1. The molecule has 0 fully saturated rings. The van der Waals surface area contributed by atoms with Crippen LogP contribution in [0.2, 0.25) is 0 Å². The van der Waals surface area contributed by atoms with E-state index in [2.05, 4.69) is 10.2 Å². The minimum atomic E-state index is -1.31. The number of nitrogens with one attached hydrogen (secondary N) is 2. The lowest BCUT2D eigenvalue weighted by molar-refractivity contribution is 0.0694. The SMILES string of the molecule is O=C(O)c1ccc(N=Nc2c(O)[nH]c(=O)[nH]c2=O)cc1O. The number of aromatic nitrogens is 2. The number of aromatic carboxylic acids is 1. The molecular formula is C11H8N4O6. The van der Waals surface area contributed by atoms with Crippen molar-refractivity contribution in [3.63, 3.8) is 0 Å². The summed E-state index contributed by atoms with van der Waals surface area (Å²) in [5.41, 5.74) is -2.66. The highest BCUT2D eigenvalue weighted by atomic mass is 16.4. The Kier molecular flexibility index (Phi) is 3.52. The Balaban J connectivity index is 2.39. The molecular weight excluding hydrogens is 284 g/mol. The predicted octanol–water partition coefficient (Wildman–Crippen LogP) is 0.588. The van der Waals surface area contributed by atoms with Gasteiger partial charge in [-0.15, -0.1) is 5.11 Å². The average Bonchev–Trinajstić information content (AvgIpc) is 2.36. The molecule has 5 N–H and O–H groups in total. The Morgan fingerprint density at radius 2 is 1.81 bits per heavy atom. The van der Waals surface area contributed by atoms with Crippen molar-refractivity contribution >= 4 is 17.3 Å². The molecule has 21 heavy (non-hydrogen) atoms. The molecule has 108 valence electrons.